The first kappa shape index (κ1) is 19.2. The average molecular weight is 406 g/mol. The van der Waals surface area contributed by atoms with Gasteiger partial charge in [-0.2, -0.15) is 4.98 Å². The van der Waals surface area contributed by atoms with E-state index in [1.807, 2.05) is 19.1 Å². The molecule has 27 heavy (non-hydrogen) atoms. The highest BCUT2D eigenvalue weighted by Gasteiger charge is 2.11. The van der Waals surface area contributed by atoms with E-state index >= 15 is 0 Å². The number of nitrogens with one attached hydrogen (secondary N) is 2. The van der Waals surface area contributed by atoms with E-state index in [2.05, 4.69) is 25.6 Å². The second kappa shape index (κ2) is 8.39. The van der Waals surface area contributed by atoms with Crippen LogP contribution in [-0.4, -0.2) is 37.8 Å². The summed E-state index contributed by atoms with van der Waals surface area (Å²) in [5.41, 5.74) is 2.08. The summed E-state index contributed by atoms with van der Waals surface area (Å²) in [5.74, 6) is 0.662. The summed E-state index contributed by atoms with van der Waals surface area (Å²) in [6.45, 7) is 1.75. The second-order valence-corrected chi connectivity index (χ2v) is 6.65. The van der Waals surface area contributed by atoms with Crippen molar-refractivity contribution in [1.29, 1.82) is 0 Å². The standard InChI is InChI=1S/C18H17Cl2N5O2/c1-10(9-26)22-18-24-15(11-2-4-21-5-3-11)8-16(25-18)23-12-6-13(19)17(27)14(20)7-12/h2-8,10,26-27H,9H2,1H3,(H2,22,23,24,25)/t10-/m1/s1. The van der Waals surface area contributed by atoms with Gasteiger partial charge in [-0.3, -0.25) is 4.98 Å². The molecule has 0 bridgehead atoms. The van der Waals surface area contributed by atoms with E-state index in [-0.39, 0.29) is 28.4 Å². The number of halogens is 2. The van der Waals surface area contributed by atoms with Gasteiger partial charge in [0.2, 0.25) is 5.95 Å². The molecular formula is C18H17Cl2N5O2. The molecule has 7 nitrogen and oxygen atoms in total. The van der Waals surface area contributed by atoms with Crippen LogP contribution < -0.4 is 10.6 Å². The van der Waals surface area contributed by atoms with E-state index in [0.29, 0.717) is 23.1 Å². The van der Waals surface area contributed by atoms with Gasteiger partial charge < -0.3 is 20.8 Å². The summed E-state index contributed by atoms with van der Waals surface area (Å²) in [4.78, 5) is 12.9. The highest BCUT2D eigenvalue weighted by atomic mass is 35.5. The Balaban J connectivity index is 1.99. The predicted octanol–water partition coefficient (Wildman–Crippen LogP) is 4.09. The molecule has 0 fully saturated rings. The van der Waals surface area contributed by atoms with Crippen molar-refractivity contribution in [2.24, 2.45) is 0 Å². The van der Waals surface area contributed by atoms with Gasteiger partial charge in [0.25, 0.3) is 0 Å². The van der Waals surface area contributed by atoms with Gasteiger partial charge in [0, 0.05) is 35.8 Å². The van der Waals surface area contributed by atoms with E-state index < -0.39 is 0 Å². The van der Waals surface area contributed by atoms with Crippen molar-refractivity contribution >= 4 is 40.7 Å². The molecule has 0 radical (unpaired) electrons. The van der Waals surface area contributed by atoms with E-state index in [1.54, 1.807) is 30.6 Å². The third kappa shape index (κ3) is 4.77. The SMILES string of the molecule is C[C@H](CO)Nc1nc(Nc2cc(Cl)c(O)c(Cl)c2)cc(-c2ccncc2)n1. The van der Waals surface area contributed by atoms with Crippen LogP contribution in [0.4, 0.5) is 17.5 Å². The third-order valence-corrected chi connectivity index (χ3v) is 4.22. The number of rotatable bonds is 6. The minimum Gasteiger partial charge on any atom is -0.505 e. The van der Waals surface area contributed by atoms with Crippen LogP contribution in [0.5, 0.6) is 5.75 Å². The number of hydrogen-bond acceptors (Lipinski definition) is 7. The van der Waals surface area contributed by atoms with Gasteiger partial charge in [-0.1, -0.05) is 23.2 Å². The van der Waals surface area contributed by atoms with Crippen molar-refractivity contribution in [3.63, 3.8) is 0 Å². The van der Waals surface area contributed by atoms with Gasteiger partial charge in [-0.25, -0.2) is 4.98 Å². The number of phenols is 1. The van der Waals surface area contributed by atoms with Gasteiger partial charge in [0.1, 0.15) is 5.82 Å². The average Bonchev–Trinajstić information content (AvgIpc) is 2.66. The number of pyridine rings is 1. The molecule has 0 spiro atoms. The molecule has 0 aliphatic heterocycles. The summed E-state index contributed by atoms with van der Waals surface area (Å²) in [6, 6.07) is 8.29. The Morgan fingerprint density at radius 3 is 2.37 bits per heavy atom. The van der Waals surface area contributed by atoms with E-state index in [9.17, 15) is 10.2 Å². The smallest absolute Gasteiger partial charge is 0.225 e. The van der Waals surface area contributed by atoms with Crippen LogP contribution in [0.3, 0.4) is 0 Å². The zero-order valence-corrected chi connectivity index (χ0v) is 15.8. The van der Waals surface area contributed by atoms with Crippen LogP contribution in [0, 0.1) is 0 Å². The van der Waals surface area contributed by atoms with Crippen LogP contribution in [-0.2, 0) is 0 Å². The number of aliphatic hydroxyl groups excluding tert-OH is 1. The summed E-state index contributed by atoms with van der Waals surface area (Å²) in [7, 11) is 0. The van der Waals surface area contributed by atoms with Gasteiger partial charge >= 0.3 is 0 Å². The Morgan fingerprint density at radius 2 is 1.74 bits per heavy atom. The first-order chi connectivity index (χ1) is 13.0. The molecule has 1 atom stereocenters. The first-order valence-electron chi connectivity index (χ1n) is 8.08. The molecule has 0 aliphatic carbocycles. The number of anilines is 3. The summed E-state index contributed by atoms with van der Waals surface area (Å²) < 4.78 is 0. The number of hydrogen-bond donors (Lipinski definition) is 4. The molecule has 3 rings (SSSR count). The zero-order valence-electron chi connectivity index (χ0n) is 14.3. The number of aliphatic hydroxyl groups is 1. The minimum atomic E-state index is -0.219. The summed E-state index contributed by atoms with van der Waals surface area (Å²) in [5, 5.41) is 25.4. The third-order valence-electron chi connectivity index (χ3n) is 3.64. The lowest BCUT2D eigenvalue weighted by Gasteiger charge is -2.14. The van der Waals surface area contributed by atoms with Crippen molar-refractivity contribution in [2.45, 2.75) is 13.0 Å². The van der Waals surface area contributed by atoms with Crippen molar-refractivity contribution < 1.29 is 10.2 Å². The maximum Gasteiger partial charge on any atom is 0.225 e. The second-order valence-electron chi connectivity index (χ2n) is 5.84. The van der Waals surface area contributed by atoms with Crippen molar-refractivity contribution in [1.82, 2.24) is 15.0 Å². The van der Waals surface area contributed by atoms with Crippen LogP contribution in [0.15, 0.2) is 42.7 Å². The number of aromatic hydroxyl groups is 1. The molecule has 0 unspecified atom stereocenters. The fourth-order valence-corrected chi connectivity index (χ4v) is 2.79. The van der Waals surface area contributed by atoms with Crippen LogP contribution in [0.2, 0.25) is 10.0 Å². The maximum atomic E-state index is 9.70. The van der Waals surface area contributed by atoms with Gasteiger partial charge in [-0.05, 0) is 31.2 Å². The van der Waals surface area contributed by atoms with Crippen molar-refractivity contribution in [3.8, 4) is 17.0 Å². The molecule has 3 aromatic rings. The Kier molecular flexibility index (Phi) is 5.95. The van der Waals surface area contributed by atoms with Gasteiger partial charge in [0.05, 0.1) is 22.3 Å². The van der Waals surface area contributed by atoms with Gasteiger partial charge in [0.15, 0.2) is 5.75 Å². The number of nitrogens with zero attached hydrogens (tertiary/aromatic N) is 3. The quantitative estimate of drug-likeness (QED) is 0.457. The molecule has 9 heteroatoms. The largest absolute Gasteiger partial charge is 0.505 e. The fourth-order valence-electron chi connectivity index (χ4n) is 2.30. The molecule has 140 valence electrons. The van der Waals surface area contributed by atoms with Crippen LogP contribution >= 0.6 is 23.2 Å². The van der Waals surface area contributed by atoms with Crippen molar-refractivity contribution in [3.05, 3.63) is 52.8 Å². The minimum absolute atomic E-state index is 0.0607. The summed E-state index contributed by atoms with van der Waals surface area (Å²) in [6.07, 6.45) is 3.35. The highest BCUT2D eigenvalue weighted by Crippen LogP contribution is 2.35. The van der Waals surface area contributed by atoms with E-state index in [1.165, 1.54) is 0 Å². The molecule has 0 amide bonds. The lowest BCUT2D eigenvalue weighted by molar-refractivity contribution is 0.281. The van der Waals surface area contributed by atoms with E-state index in [0.717, 1.165) is 5.56 Å². The molecular weight excluding hydrogens is 389 g/mol. The Hall–Kier alpha value is -2.61. The van der Waals surface area contributed by atoms with Crippen LogP contribution in [0.1, 0.15) is 6.92 Å². The van der Waals surface area contributed by atoms with Crippen LogP contribution in [0.25, 0.3) is 11.3 Å². The molecule has 2 aromatic heterocycles. The normalized spacial score (nSPS) is 11.9. The Labute approximate surface area is 166 Å². The monoisotopic (exact) mass is 405 g/mol. The predicted molar refractivity (Wildman–Crippen MR) is 107 cm³/mol. The number of aromatic nitrogens is 3. The molecule has 4 N–H and O–H groups in total. The molecule has 1 aromatic carbocycles. The topological polar surface area (TPSA) is 103 Å². The molecule has 0 saturated carbocycles. The highest BCUT2D eigenvalue weighted by molar-refractivity contribution is 6.37. The van der Waals surface area contributed by atoms with Gasteiger partial charge in [-0.15, -0.1) is 0 Å². The Morgan fingerprint density at radius 1 is 1.07 bits per heavy atom. The van der Waals surface area contributed by atoms with E-state index in [4.69, 9.17) is 23.2 Å². The number of benzene rings is 1. The maximum absolute atomic E-state index is 9.70. The lowest BCUT2D eigenvalue weighted by atomic mass is 10.2. The first-order valence-corrected chi connectivity index (χ1v) is 8.83. The van der Waals surface area contributed by atoms with Crippen molar-refractivity contribution in [2.75, 3.05) is 17.2 Å². The Bertz CT molecular complexity index is 917. The molecule has 0 aliphatic rings. The number of phenolic OH excluding ortho intramolecular Hbond substituents is 1. The lowest BCUT2D eigenvalue weighted by Crippen LogP contribution is -2.21. The molecule has 0 saturated heterocycles. The zero-order chi connectivity index (χ0) is 19.4. The fraction of sp³-hybridized carbons (Fsp3) is 0.167. The summed E-state index contributed by atoms with van der Waals surface area (Å²) >= 11 is 12.0. The molecule has 2 heterocycles.